The average molecular weight is 827 g/mol. The standard InChI is InChI=1S/C38H50Cl3N5O9/c1-22(2)30(31(47)42-24(4)32(48)46-17-8-9-28(45-46)33(49)53-21-38(39,40)41)54-34(50)37(16-18-52-20-37)15-14-25-10-11-26-12-13-27(44-29(26)19-25)23(3)43-35(51)55-36(5,6)7/h10-15,19,22-24,28,30,45H,8-9,16-18,20-21H2,1-7H3,(H,42,47)(H,43,51)/b15-14+/t23-,24+,28+,30+,37?/m1/s1. The summed E-state index contributed by atoms with van der Waals surface area (Å²) in [6.45, 7) is 12.4. The molecule has 3 amide bonds. The molecule has 0 spiro atoms. The number of fused-ring (bicyclic) bond motifs is 1. The van der Waals surface area contributed by atoms with Gasteiger partial charge in [-0.05, 0) is 77.5 Å². The molecule has 2 aliphatic rings. The number of alkyl halides is 3. The summed E-state index contributed by atoms with van der Waals surface area (Å²) in [4.78, 5) is 70.2. The molecule has 302 valence electrons. The number of nitrogens with zero attached hydrogens (tertiary/aromatic N) is 2. The first-order valence-electron chi connectivity index (χ1n) is 18.2. The zero-order valence-electron chi connectivity index (χ0n) is 32.1. The molecule has 3 heterocycles. The molecule has 0 bridgehead atoms. The second-order valence-corrected chi connectivity index (χ2v) is 17.7. The van der Waals surface area contributed by atoms with Gasteiger partial charge in [-0.2, -0.15) is 0 Å². The van der Waals surface area contributed by atoms with Crippen LogP contribution in [0.15, 0.2) is 36.4 Å². The van der Waals surface area contributed by atoms with Gasteiger partial charge in [0.15, 0.2) is 6.10 Å². The Morgan fingerprint density at radius 2 is 1.78 bits per heavy atom. The number of amides is 3. The molecule has 2 fully saturated rings. The molecule has 0 saturated carbocycles. The molecule has 2 aromatic rings. The Kier molecular flexibility index (Phi) is 14.8. The van der Waals surface area contributed by atoms with Gasteiger partial charge in [0.05, 0.1) is 23.9 Å². The van der Waals surface area contributed by atoms with Crippen LogP contribution in [0.5, 0.6) is 0 Å². The van der Waals surface area contributed by atoms with Gasteiger partial charge < -0.3 is 29.6 Å². The second kappa shape index (κ2) is 18.5. The number of halogens is 3. The van der Waals surface area contributed by atoms with Crippen LogP contribution in [0.1, 0.15) is 85.0 Å². The third-order valence-corrected chi connectivity index (χ3v) is 9.24. The first-order chi connectivity index (χ1) is 25.7. The van der Waals surface area contributed by atoms with Crippen LogP contribution in [0.3, 0.4) is 0 Å². The zero-order valence-corrected chi connectivity index (χ0v) is 34.3. The minimum Gasteiger partial charge on any atom is -0.460 e. The Hall–Kier alpha value is -3.69. The molecule has 17 heteroatoms. The van der Waals surface area contributed by atoms with E-state index in [1.165, 1.54) is 11.9 Å². The Balaban J connectivity index is 1.41. The van der Waals surface area contributed by atoms with Crippen molar-refractivity contribution in [3.8, 4) is 0 Å². The van der Waals surface area contributed by atoms with Crippen molar-refractivity contribution in [2.45, 2.75) is 101 Å². The number of hydrogen-bond acceptors (Lipinski definition) is 11. The Bertz CT molecular complexity index is 1750. The van der Waals surface area contributed by atoms with Crippen molar-refractivity contribution in [1.82, 2.24) is 26.1 Å². The maximum absolute atomic E-state index is 13.9. The second-order valence-electron chi connectivity index (χ2n) is 15.2. The van der Waals surface area contributed by atoms with Crippen LogP contribution in [-0.2, 0) is 38.1 Å². The minimum absolute atomic E-state index is 0.0549. The summed E-state index contributed by atoms with van der Waals surface area (Å²) in [5.74, 6) is -2.91. The number of pyridine rings is 1. The lowest BCUT2D eigenvalue weighted by molar-refractivity contribution is -0.166. The molecule has 2 saturated heterocycles. The molecule has 1 aromatic carbocycles. The van der Waals surface area contributed by atoms with E-state index in [0.29, 0.717) is 37.1 Å². The lowest BCUT2D eigenvalue weighted by Gasteiger charge is -2.35. The third-order valence-electron chi connectivity index (χ3n) is 8.91. The van der Waals surface area contributed by atoms with Gasteiger partial charge in [-0.25, -0.2) is 10.2 Å². The van der Waals surface area contributed by atoms with Gasteiger partial charge in [-0.3, -0.25) is 29.2 Å². The van der Waals surface area contributed by atoms with Crippen molar-refractivity contribution >= 4 is 81.6 Å². The Labute approximate surface area is 336 Å². The van der Waals surface area contributed by atoms with Crippen LogP contribution in [0.4, 0.5) is 4.79 Å². The van der Waals surface area contributed by atoms with Crippen LogP contribution in [0, 0.1) is 11.3 Å². The number of carbonyl (C=O) groups excluding carboxylic acids is 5. The molecule has 14 nitrogen and oxygen atoms in total. The van der Waals surface area contributed by atoms with E-state index in [2.05, 4.69) is 16.1 Å². The number of esters is 2. The molecular formula is C38H50Cl3N5O9. The lowest BCUT2D eigenvalue weighted by atomic mass is 9.86. The number of nitrogens with one attached hydrogen (secondary N) is 3. The van der Waals surface area contributed by atoms with E-state index in [4.69, 9.17) is 58.7 Å². The van der Waals surface area contributed by atoms with E-state index in [-0.39, 0.29) is 13.2 Å². The summed E-state index contributed by atoms with van der Waals surface area (Å²) in [5.41, 5.74) is 3.13. The summed E-state index contributed by atoms with van der Waals surface area (Å²) >= 11 is 17.0. The highest BCUT2D eigenvalue weighted by molar-refractivity contribution is 6.67. The van der Waals surface area contributed by atoms with E-state index in [1.54, 1.807) is 46.8 Å². The van der Waals surface area contributed by atoms with Gasteiger partial charge in [0.2, 0.25) is 3.79 Å². The summed E-state index contributed by atoms with van der Waals surface area (Å²) in [7, 11) is 0. The summed E-state index contributed by atoms with van der Waals surface area (Å²) in [5, 5.41) is 7.60. The third kappa shape index (κ3) is 12.7. The van der Waals surface area contributed by atoms with Crippen molar-refractivity contribution in [1.29, 1.82) is 0 Å². The number of carbonyl (C=O) groups is 5. The van der Waals surface area contributed by atoms with E-state index in [1.807, 2.05) is 37.3 Å². The molecule has 3 N–H and O–H groups in total. The number of alkyl carbamates (subject to hydrolysis) is 1. The van der Waals surface area contributed by atoms with Crippen molar-refractivity contribution in [3.63, 3.8) is 0 Å². The monoisotopic (exact) mass is 825 g/mol. The fourth-order valence-corrected chi connectivity index (χ4v) is 6.10. The van der Waals surface area contributed by atoms with E-state index < -0.39 is 81.4 Å². The van der Waals surface area contributed by atoms with Gasteiger partial charge in [0.25, 0.3) is 11.8 Å². The molecule has 5 atom stereocenters. The topological polar surface area (TPSA) is 174 Å². The zero-order chi connectivity index (χ0) is 40.7. The highest BCUT2D eigenvalue weighted by Crippen LogP contribution is 2.34. The minimum atomic E-state index is -1.78. The van der Waals surface area contributed by atoms with Gasteiger partial charge in [-0.15, -0.1) is 0 Å². The van der Waals surface area contributed by atoms with Crippen molar-refractivity contribution in [3.05, 3.63) is 47.7 Å². The van der Waals surface area contributed by atoms with Crippen LogP contribution < -0.4 is 16.1 Å². The van der Waals surface area contributed by atoms with Gasteiger partial charge in [0, 0.05) is 18.5 Å². The van der Waals surface area contributed by atoms with Gasteiger partial charge >= 0.3 is 18.0 Å². The normalized spacial score (nSPS) is 20.9. The van der Waals surface area contributed by atoms with Crippen molar-refractivity contribution in [2.24, 2.45) is 11.3 Å². The molecular weight excluding hydrogens is 777 g/mol. The van der Waals surface area contributed by atoms with Crippen LogP contribution in [-0.4, -0.2) is 93.8 Å². The van der Waals surface area contributed by atoms with Crippen molar-refractivity contribution in [2.75, 3.05) is 26.4 Å². The molecule has 2 aliphatic heterocycles. The van der Waals surface area contributed by atoms with E-state index >= 15 is 0 Å². The summed E-state index contributed by atoms with van der Waals surface area (Å²) in [6, 6.07) is 7.15. The first-order valence-corrected chi connectivity index (χ1v) is 19.3. The van der Waals surface area contributed by atoms with Crippen LogP contribution in [0.2, 0.25) is 0 Å². The fraction of sp³-hybridized carbons (Fsp3) is 0.579. The SMILES string of the molecule is CC(C)[C@H](OC(=O)C1(/C=C/c2ccc3ccc([C@@H](C)NC(=O)OC(C)(C)C)nc3c2)CCOC1)C(=O)N[C@@H](C)C(=O)N1CCC[C@@H](C(=O)OCC(Cl)(Cl)Cl)N1. The fourth-order valence-electron chi connectivity index (χ4n) is 5.93. The number of benzene rings is 1. The molecule has 1 aromatic heterocycles. The predicted molar refractivity (Wildman–Crippen MR) is 208 cm³/mol. The van der Waals surface area contributed by atoms with Crippen LogP contribution in [0.25, 0.3) is 17.0 Å². The number of hydrogen-bond donors (Lipinski definition) is 3. The Morgan fingerprint density at radius 3 is 2.42 bits per heavy atom. The van der Waals surface area contributed by atoms with Crippen LogP contribution >= 0.6 is 34.8 Å². The highest BCUT2D eigenvalue weighted by Gasteiger charge is 2.44. The largest absolute Gasteiger partial charge is 0.460 e. The number of ether oxygens (including phenoxy) is 4. The first kappa shape index (κ1) is 44.0. The van der Waals surface area contributed by atoms with Crippen molar-refractivity contribution < 1.29 is 42.9 Å². The molecule has 55 heavy (non-hydrogen) atoms. The number of hydrazine groups is 1. The molecule has 0 radical (unpaired) electrons. The number of aromatic nitrogens is 1. The summed E-state index contributed by atoms with van der Waals surface area (Å²) in [6.07, 6.45) is 2.98. The smallest absolute Gasteiger partial charge is 0.408 e. The molecule has 4 rings (SSSR count). The quantitative estimate of drug-likeness (QED) is 0.136. The van der Waals surface area contributed by atoms with E-state index in [0.717, 1.165) is 10.9 Å². The summed E-state index contributed by atoms with van der Waals surface area (Å²) < 4.78 is 20.2. The van der Waals surface area contributed by atoms with E-state index in [9.17, 15) is 24.0 Å². The van der Waals surface area contributed by atoms with Gasteiger partial charge in [0.1, 0.15) is 29.7 Å². The average Bonchev–Trinajstić information content (AvgIpc) is 3.60. The molecule has 0 aliphatic carbocycles. The highest BCUT2D eigenvalue weighted by atomic mass is 35.6. The maximum atomic E-state index is 13.9. The maximum Gasteiger partial charge on any atom is 0.408 e. The Morgan fingerprint density at radius 1 is 1.07 bits per heavy atom. The van der Waals surface area contributed by atoms with Gasteiger partial charge in [-0.1, -0.05) is 79.0 Å². The number of rotatable bonds is 12. The lowest BCUT2D eigenvalue weighted by Crippen LogP contribution is -2.60. The molecule has 1 unspecified atom stereocenters. The predicted octanol–water partition coefficient (Wildman–Crippen LogP) is 5.72.